The second-order valence-electron chi connectivity index (χ2n) is 7.86. The number of hydrogen-bond donors (Lipinski definition) is 2. The summed E-state index contributed by atoms with van der Waals surface area (Å²) in [6.07, 6.45) is 0. The van der Waals surface area contributed by atoms with E-state index in [9.17, 15) is 19.9 Å². The number of phenolic OH excluding ortho intramolecular Hbond substituents is 2. The second-order valence-corrected chi connectivity index (χ2v) is 8.78. The van der Waals surface area contributed by atoms with Crippen LogP contribution in [-0.2, 0) is 0 Å². The fourth-order valence-corrected chi connectivity index (χ4v) is 4.33. The molecule has 5 aromatic rings. The molecule has 0 amide bonds. The van der Waals surface area contributed by atoms with Gasteiger partial charge >= 0.3 is 0 Å². The van der Waals surface area contributed by atoms with Crippen LogP contribution in [0.15, 0.2) is 83.3 Å². The first-order valence-electron chi connectivity index (χ1n) is 10.7. The highest BCUT2D eigenvalue weighted by molar-refractivity contribution is 9.10. The number of benzene rings is 5. The molecule has 176 valence electrons. The normalized spacial score (nSPS) is 10.2. The zero-order chi connectivity index (χ0) is 25.8. The zero-order valence-corrected chi connectivity index (χ0v) is 20.5. The van der Waals surface area contributed by atoms with E-state index >= 15 is 0 Å². The molecule has 0 saturated heterocycles. The molecular formula is C29H18BrFN2O3. The van der Waals surface area contributed by atoms with Crippen molar-refractivity contribution in [3.8, 4) is 40.5 Å². The van der Waals surface area contributed by atoms with Crippen LogP contribution in [0.25, 0.3) is 32.7 Å². The molecule has 0 aliphatic carbocycles. The number of methoxy groups -OCH3 is 1. The molecule has 0 saturated carbocycles. The predicted octanol–water partition coefficient (Wildman–Crippen LogP) is 7.41. The highest BCUT2D eigenvalue weighted by Gasteiger charge is 2.09. The summed E-state index contributed by atoms with van der Waals surface area (Å²) in [5, 5.41) is 40.3. The summed E-state index contributed by atoms with van der Waals surface area (Å²) in [4.78, 5) is 0. The third-order valence-electron chi connectivity index (χ3n) is 5.57. The number of ether oxygens (including phenoxy) is 1. The van der Waals surface area contributed by atoms with Crippen molar-refractivity contribution in [1.29, 1.82) is 10.5 Å². The summed E-state index contributed by atoms with van der Waals surface area (Å²) in [5.41, 5.74) is 2.38. The van der Waals surface area contributed by atoms with Crippen molar-refractivity contribution in [2.45, 2.75) is 0 Å². The van der Waals surface area contributed by atoms with Crippen molar-refractivity contribution in [3.05, 3.63) is 100 Å². The topological polar surface area (TPSA) is 97.3 Å². The Balaban J connectivity index is 0.000000187. The summed E-state index contributed by atoms with van der Waals surface area (Å²) < 4.78 is 19.6. The van der Waals surface area contributed by atoms with Crippen LogP contribution in [0.3, 0.4) is 0 Å². The van der Waals surface area contributed by atoms with E-state index in [2.05, 4.69) is 28.1 Å². The maximum absolute atomic E-state index is 13.9. The molecule has 0 spiro atoms. The van der Waals surface area contributed by atoms with E-state index in [1.165, 1.54) is 13.2 Å². The van der Waals surface area contributed by atoms with Gasteiger partial charge in [-0.05, 0) is 82.6 Å². The number of fused-ring (bicyclic) bond motifs is 2. The lowest BCUT2D eigenvalue weighted by atomic mass is 9.97. The molecule has 5 nitrogen and oxygen atoms in total. The van der Waals surface area contributed by atoms with Crippen LogP contribution in [0.5, 0.6) is 17.2 Å². The second kappa shape index (κ2) is 10.4. The van der Waals surface area contributed by atoms with Crippen LogP contribution in [0.4, 0.5) is 4.39 Å². The standard InChI is InChI=1S/C18H12FNO2.C11H6BrNO/c1-22-18-5-3-11(8-17(18)19)13-6-12-2-4-15(21)9-16(12)14(7-13)10-20;12-9-3-7-1-2-10(14)5-11(7)8(4-9)6-13/h2-9,21H,1H3;1-5,14H. The first-order chi connectivity index (χ1) is 17.3. The van der Waals surface area contributed by atoms with E-state index in [4.69, 9.17) is 10.00 Å². The quantitative estimate of drug-likeness (QED) is 0.243. The summed E-state index contributed by atoms with van der Waals surface area (Å²) in [5.74, 6) is 0.00263. The van der Waals surface area contributed by atoms with Gasteiger partial charge in [0.1, 0.15) is 11.5 Å². The van der Waals surface area contributed by atoms with Gasteiger partial charge < -0.3 is 14.9 Å². The first-order valence-corrected chi connectivity index (χ1v) is 11.5. The summed E-state index contributed by atoms with van der Waals surface area (Å²) >= 11 is 3.33. The van der Waals surface area contributed by atoms with Crippen LogP contribution in [0.1, 0.15) is 11.1 Å². The lowest BCUT2D eigenvalue weighted by molar-refractivity contribution is 0.386. The molecule has 0 fully saturated rings. The molecule has 0 radical (unpaired) electrons. The van der Waals surface area contributed by atoms with E-state index in [1.54, 1.807) is 60.7 Å². The van der Waals surface area contributed by atoms with Gasteiger partial charge in [-0.1, -0.05) is 34.1 Å². The predicted molar refractivity (Wildman–Crippen MR) is 140 cm³/mol. The number of nitriles is 2. The smallest absolute Gasteiger partial charge is 0.165 e. The lowest BCUT2D eigenvalue weighted by Gasteiger charge is -2.08. The van der Waals surface area contributed by atoms with Gasteiger partial charge in [0.2, 0.25) is 0 Å². The molecule has 2 N–H and O–H groups in total. The van der Waals surface area contributed by atoms with Crippen molar-refractivity contribution in [2.24, 2.45) is 0 Å². The van der Waals surface area contributed by atoms with Crippen LogP contribution in [0.2, 0.25) is 0 Å². The molecule has 0 atom stereocenters. The van der Waals surface area contributed by atoms with Crippen molar-refractivity contribution in [1.82, 2.24) is 0 Å². The van der Waals surface area contributed by atoms with Gasteiger partial charge in [-0.3, -0.25) is 0 Å². The molecule has 36 heavy (non-hydrogen) atoms. The Bertz CT molecular complexity index is 1700. The molecular weight excluding hydrogens is 523 g/mol. The Kier molecular flexibility index (Phi) is 7.05. The minimum Gasteiger partial charge on any atom is -0.508 e. The van der Waals surface area contributed by atoms with Crippen LogP contribution in [0, 0.1) is 28.5 Å². The van der Waals surface area contributed by atoms with Gasteiger partial charge in [-0.15, -0.1) is 0 Å². The SMILES string of the molecule is COc1ccc(-c2cc(C#N)c3cc(O)ccc3c2)cc1F.N#Cc1cc(Br)cc2ccc(O)cc12. The number of aromatic hydroxyl groups is 2. The Morgan fingerprint density at radius 3 is 1.86 bits per heavy atom. The van der Waals surface area contributed by atoms with Gasteiger partial charge in [0.15, 0.2) is 11.6 Å². The Hall–Kier alpha value is -4.59. The monoisotopic (exact) mass is 540 g/mol. The highest BCUT2D eigenvalue weighted by atomic mass is 79.9. The van der Waals surface area contributed by atoms with Gasteiger partial charge in [-0.25, -0.2) is 4.39 Å². The summed E-state index contributed by atoms with van der Waals surface area (Å²) in [7, 11) is 1.41. The number of phenols is 2. The van der Waals surface area contributed by atoms with E-state index in [0.29, 0.717) is 22.1 Å². The average Bonchev–Trinajstić information content (AvgIpc) is 2.88. The van der Waals surface area contributed by atoms with E-state index < -0.39 is 5.82 Å². The zero-order valence-electron chi connectivity index (χ0n) is 19.0. The van der Waals surface area contributed by atoms with E-state index in [-0.39, 0.29) is 17.2 Å². The Morgan fingerprint density at radius 1 is 0.722 bits per heavy atom. The molecule has 0 bridgehead atoms. The first kappa shape index (κ1) is 24.5. The van der Waals surface area contributed by atoms with Crippen molar-refractivity contribution in [3.63, 3.8) is 0 Å². The molecule has 5 rings (SSSR count). The van der Waals surface area contributed by atoms with Crippen molar-refractivity contribution < 1.29 is 19.3 Å². The van der Waals surface area contributed by atoms with Gasteiger partial charge in [0, 0.05) is 15.2 Å². The highest BCUT2D eigenvalue weighted by Crippen LogP contribution is 2.32. The van der Waals surface area contributed by atoms with Crippen molar-refractivity contribution in [2.75, 3.05) is 7.11 Å². The van der Waals surface area contributed by atoms with E-state index in [1.807, 2.05) is 12.1 Å². The van der Waals surface area contributed by atoms with Crippen LogP contribution < -0.4 is 4.74 Å². The fraction of sp³-hybridized carbons (Fsp3) is 0.0345. The molecule has 0 heterocycles. The number of hydrogen-bond acceptors (Lipinski definition) is 5. The van der Waals surface area contributed by atoms with Crippen LogP contribution in [-0.4, -0.2) is 17.3 Å². The lowest BCUT2D eigenvalue weighted by Crippen LogP contribution is -1.89. The largest absolute Gasteiger partial charge is 0.508 e. The molecule has 7 heteroatoms. The van der Waals surface area contributed by atoms with Crippen LogP contribution >= 0.6 is 15.9 Å². The third kappa shape index (κ3) is 5.07. The molecule has 0 aliphatic rings. The van der Waals surface area contributed by atoms with Gasteiger partial charge in [-0.2, -0.15) is 10.5 Å². The minimum atomic E-state index is -0.454. The molecule has 0 aromatic heterocycles. The summed E-state index contributed by atoms with van der Waals surface area (Å²) in [6, 6.07) is 25.9. The third-order valence-corrected chi connectivity index (χ3v) is 6.02. The maximum Gasteiger partial charge on any atom is 0.165 e. The molecule has 5 aromatic carbocycles. The minimum absolute atomic E-state index is 0.104. The maximum atomic E-state index is 13.9. The number of halogens is 2. The molecule has 0 aliphatic heterocycles. The van der Waals surface area contributed by atoms with Gasteiger partial charge in [0.05, 0.1) is 30.4 Å². The van der Waals surface area contributed by atoms with Gasteiger partial charge in [0.25, 0.3) is 0 Å². The fourth-order valence-electron chi connectivity index (χ4n) is 3.85. The van der Waals surface area contributed by atoms with E-state index in [0.717, 1.165) is 26.2 Å². The number of rotatable bonds is 2. The number of nitrogens with zero attached hydrogens (tertiary/aromatic N) is 2. The summed E-state index contributed by atoms with van der Waals surface area (Å²) in [6.45, 7) is 0. The Labute approximate surface area is 215 Å². The van der Waals surface area contributed by atoms with Crippen molar-refractivity contribution >= 4 is 37.5 Å². The average molecular weight is 541 g/mol. The molecule has 0 unspecified atom stereocenters. The Morgan fingerprint density at radius 2 is 1.31 bits per heavy atom.